The second kappa shape index (κ2) is 7.03. The summed E-state index contributed by atoms with van der Waals surface area (Å²) in [6, 6.07) is 7.19. The van der Waals surface area contributed by atoms with E-state index in [4.69, 9.17) is 14.6 Å². The number of carboxylic acid groups (broad SMARTS) is 1. The molecule has 1 aromatic rings. The summed E-state index contributed by atoms with van der Waals surface area (Å²) < 4.78 is 40.0. The number of hydrogen-bond acceptors (Lipinski definition) is 5. The minimum absolute atomic E-state index is 0.0855. The maximum atomic E-state index is 14.5. The van der Waals surface area contributed by atoms with Crippen LogP contribution in [0.1, 0.15) is 57.1 Å². The SMILES string of the molecule is CC(=O)OC12CC3CC(C1)CC(C(=O)OC(c1ccccc1)C(F)(F)C(=O)O)(C3)C2. The molecular formula is C22H24F2O6. The van der Waals surface area contributed by atoms with E-state index in [9.17, 15) is 23.2 Å². The number of alkyl halides is 2. The van der Waals surface area contributed by atoms with Gasteiger partial charge in [0.25, 0.3) is 0 Å². The number of rotatable bonds is 6. The number of carbonyl (C=O) groups is 3. The van der Waals surface area contributed by atoms with Crippen molar-refractivity contribution in [1.82, 2.24) is 0 Å². The molecule has 5 rings (SSSR count). The zero-order chi connectivity index (χ0) is 21.7. The topological polar surface area (TPSA) is 89.9 Å². The standard InChI is InChI=1S/C22H24F2O6/c1-13(25)30-21-10-14-7-15(11-21)9-20(8-14,12-21)19(28)29-17(22(23,24)18(26)27)16-5-3-2-4-6-16/h2-6,14-15,17H,7-12H2,1H3,(H,26,27). The van der Waals surface area contributed by atoms with Crippen LogP contribution < -0.4 is 0 Å². The van der Waals surface area contributed by atoms with Crippen molar-refractivity contribution in [1.29, 1.82) is 0 Å². The van der Waals surface area contributed by atoms with Crippen LogP contribution in [-0.4, -0.2) is 34.5 Å². The van der Waals surface area contributed by atoms with Crippen molar-refractivity contribution in [3.05, 3.63) is 35.9 Å². The molecule has 4 bridgehead atoms. The number of hydrogen-bond donors (Lipinski definition) is 1. The molecule has 1 N–H and O–H groups in total. The smallest absolute Gasteiger partial charge is 0.382 e. The molecule has 8 heteroatoms. The average molecular weight is 422 g/mol. The van der Waals surface area contributed by atoms with Crippen LogP contribution in [0.25, 0.3) is 0 Å². The van der Waals surface area contributed by atoms with Crippen LogP contribution in [0, 0.1) is 17.3 Å². The Balaban J connectivity index is 1.64. The third kappa shape index (κ3) is 3.46. The monoisotopic (exact) mass is 422 g/mol. The van der Waals surface area contributed by atoms with Gasteiger partial charge in [0.2, 0.25) is 6.10 Å². The third-order valence-corrected chi connectivity index (χ3v) is 6.74. The van der Waals surface area contributed by atoms with Gasteiger partial charge in [0, 0.05) is 13.3 Å². The lowest BCUT2D eigenvalue weighted by molar-refractivity contribution is -0.224. The van der Waals surface area contributed by atoms with Crippen LogP contribution in [-0.2, 0) is 23.9 Å². The Morgan fingerprint density at radius 2 is 1.70 bits per heavy atom. The molecule has 30 heavy (non-hydrogen) atoms. The quantitative estimate of drug-likeness (QED) is 0.700. The summed E-state index contributed by atoms with van der Waals surface area (Å²) in [6.07, 6.45) is 1.17. The minimum atomic E-state index is -4.28. The van der Waals surface area contributed by atoms with Crippen molar-refractivity contribution in [3.8, 4) is 0 Å². The van der Waals surface area contributed by atoms with E-state index in [1.165, 1.54) is 31.2 Å². The number of esters is 2. The molecule has 0 aliphatic heterocycles. The van der Waals surface area contributed by atoms with Crippen LogP contribution in [0.5, 0.6) is 0 Å². The molecule has 0 aromatic heterocycles. The van der Waals surface area contributed by atoms with Gasteiger partial charge in [-0.1, -0.05) is 30.3 Å². The molecule has 4 aliphatic carbocycles. The van der Waals surface area contributed by atoms with Gasteiger partial charge < -0.3 is 14.6 Å². The van der Waals surface area contributed by atoms with Gasteiger partial charge in [0.05, 0.1) is 5.41 Å². The van der Waals surface area contributed by atoms with E-state index in [0.717, 1.165) is 6.42 Å². The summed E-state index contributed by atoms with van der Waals surface area (Å²) >= 11 is 0. The fourth-order valence-electron chi connectivity index (χ4n) is 6.17. The van der Waals surface area contributed by atoms with Gasteiger partial charge in [0.15, 0.2) is 0 Å². The van der Waals surface area contributed by atoms with Crippen LogP contribution in [0.15, 0.2) is 30.3 Å². The number of aliphatic carboxylic acids is 1. The Morgan fingerprint density at radius 3 is 2.23 bits per heavy atom. The first-order valence-corrected chi connectivity index (χ1v) is 10.1. The summed E-state index contributed by atoms with van der Waals surface area (Å²) in [5, 5.41) is 9.06. The molecular weight excluding hydrogens is 398 g/mol. The zero-order valence-electron chi connectivity index (χ0n) is 16.6. The second-order valence-corrected chi connectivity index (χ2v) is 9.14. The summed E-state index contributed by atoms with van der Waals surface area (Å²) in [6.45, 7) is 1.32. The Bertz CT molecular complexity index is 854. The van der Waals surface area contributed by atoms with Crippen LogP contribution in [0.2, 0.25) is 0 Å². The van der Waals surface area contributed by atoms with Gasteiger partial charge in [-0.15, -0.1) is 0 Å². The van der Waals surface area contributed by atoms with Crippen molar-refractivity contribution in [3.63, 3.8) is 0 Å². The lowest BCUT2D eigenvalue weighted by Gasteiger charge is -2.59. The highest BCUT2D eigenvalue weighted by Crippen LogP contribution is 2.63. The van der Waals surface area contributed by atoms with Crippen molar-refractivity contribution in [2.75, 3.05) is 0 Å². The molecule has 1 aromatic carbocycles. The second-order valence-electron chi connectivity index (χ2n) is 9.14. The van der Waals surface area contributed by atoms with Crippen molar-refractivity contribution >= 4 is 17.9 Å². The highest BCUT2D eigenvalue weighted by molar-refractivity contribution is 5.81. The number of halogens is 2. The van der Waals surface area contributed by atoms with Gasteiger partial charge in [-0.25, -0.2) is 4.79 Å². The van der Waals surface area contributed by atoms with Gasteiger partial charge in [-0.05, 0) is 49.5 Å². The Hall–Kier alpha value is -2.51. The lowest BCUT2D eigenvalue weighted by Crippen LogP contribution is -2.60. The first kappa shape index (κ1) is 20.8. The summed E-state index contributed by atoms with van der Waals surface area (Å²) in [5.41, 5.74) is -1.90. The van der Waals surface area contributed by atoms with E-state index in [0.29, 0.717) is 25.7 Å². The van der Waals surface area contributed by atoms with Crippen LogP contribution >= 0.6 is 0 Å². The molecule has 4 aliphatic rings. The Labute approximate surface area is 172 Å². The van der Waals surface area contributed by atoms with Crippen molar-refractivity contribution in [2.45, 2.75) is 63.1 Å². The summed E-state index contributed by atoms with van der Waals surface area (Å²) in [4.78, 5) is 36.2. The molecule has 3 atom stereocenters. The summed E-state index contributed by atoms with van der Waals surface area (Å²) in [7, 11) is 0. The highest BCUT2D eigenvalue weighted by atomic mass is 19.3. The fraction of sp³-hybridized carbons (Fsp3) is 0.591. The third-order valence-electron chi connectivity index (χ3n) is 6.74. The molecule has 0 saturated heterocycles. The van der Waals surface area contributed by atoms with E-state index in [1.807, 2.05) is 0 Å². The van der Waals surface area contributed by atoms with Crippen LogP contribution in [0.3, 0.4) is 0 Å². The molecule has 162 valence electrons. The van der Waals surface area contributed by atoms with E-state index in [1.54, 1.807) is 6.07 Å². The van der Waals surface area contributed by atoms with Gasteiger partial charge >= 0.3 is 23.8 Å². The highest BCUT2D eigenvalue weighted by Gasteiger charge is 2.64. The maximum Gasteiger partial charge on any atom is 0.382 e. The normalized spacial score (nSPS) is 33.0. The van der Waals surface area contributed by atoms with E-state index >= 15 is 0 Å². The number of carboxylic acids is 1. The number of benzene rings is 1. The van der Waals surface area contributed by atoms with Crippen molar-refractivity contribution in [2.24, 2.45) is 17.3 Å². The lowest BCUT2D eigenvalue weighted by atomic mass is 9.48. The first-order chi connectivity index (χ1) is 14.1. The fourth-order valence-corrected chi connectivity index (χ4v) is 6.17. The Kier molecular flexibility index (Phi) is 4.86. The minimum Gasteiger partial charge on any atom is -0.477 e. The average Bonchev–Trinajstić information content (AvgIpc) is 2.64. The molecule has 0 spiro atoms. The molecule has 4 saturated carbocycles. The Morgan fingerprint density at radius 1 is 1.10 bits per heavy atom. The summed E-state index contributed by atoms with van der Waals surface area (Å²) in [5.74, 6) is -7.61. The number of carbonyl (C=O) groups excluding carboxylic acids is 2. The van der Waals surface area contributed by atoms with E-state index in [-0.39, 0.29) is 23.8 Å². The van der Waals surface area contributed by atoms with Crippen molar-refractivity contribution < 1.29 is 37.7 Å². The number of ether oxygens (including phenoxy) is 2. The maximum absolute atomic E-state index is 14.5. The predicted octanol–water partition coefficient (Wildman–Crippen LogP) is 3.89. The molecule has 6 nitrogen and oxygen atoms in total. The van der Waals surface area contributed by atoms with Crippen LogP contribution in [0.4, 0.5) is 8.78 Å². The molecule has 4 fully saturated rings. The van der Waals surface area contributed by atoms with Gasteiger partial charge in [0.1, 0.15) is 5.60 Å². The van der Waals surface area contributed by atoms with Gasteiger partial charge in [-0.2, -0.15) is 8.78 Å². The van der Waals surface area contributed by atoms with E-state index < -0.39 is 41.0 Å². The van der Waals surface area contributed by atoms with Gasteiger partial charge in [-0.3, -0.25) is 9.59 Å². The van der Waals surface area contributed by atoms with E-state index in [2.05, 4.69) is 0 Å². The largest absolute Gasteiger partial charge is 0.477 e. The molecule has 0 radical (unpaired) electrons. The molecule has 0 heterocycles. The zero-order valence-corrected chi connectivity index (χ0v) is 16.6. The predicted molar refractivity (Wildman–Crippen MR) is 99.5 cm³/mol. The first-order valence-electron chi connectivity index (χ1n) is 10.1. The molecule has 0 amide bonds. The molecule has 3 unspecified atom stereocenters.